The number of fused-ring (bicyclic) bond motifs is 1. The molecule has 0 amide bonds. The molecule has 2 aromatic rings. The van der Waals surface area contributed by atoms with E-state index in [1.165, 1.54) is 16.5 Å². The lowest BCUT2D eigenvalue weighted by atomic mass is 10.0. The summed E-state index contributed by atoms with van der Waals surface area (Å²) in [5.41, 5.74) is 8.32. The molecule has 2 N–H and O–H groups in total. The molecule has 0 aliphatic rings. The van der Waals surface area contributed by atoms with Gasteiger partial charge in [-0.3, -0.25) is 0 Å². The third-order valence-corrected chi connectivity index (χ3v) is 3.59. The Morgan fingerprint density at radius 2 is 2.12 bits per heavy atom. The molecule has 17 heavy (non-hydrogen) atoms. The van der Waals surface area contributed by atoms with Crippen molar-refractivity contribution in [1.82, 2.24) is 4.57 Å². The summed E-state index contributed by atoms with van der Waals surface area (Å²) in [5.74, 6) is 0.547. The summed E-state index contributed by atoms with van der Waals surface area (Å²) in [5, 5.41) is 1.35. The minimum Gasteiger partial charge on any atom is -0.347 e. The Kier molecular flexibility index (Phi) is 3.89. The number of nitrogens with zero attached hydrogens (tertiary/aromatic N) is 1. The van der Waals surface area contributed by atoms with Crippen LogP contribution in [0.4, 0.5) is 0 Å². The normalized spacial score (nSPS) is 11.6. The number of benzene rings is 1. The lowest BCUT2D eigenvalue weighted by molar-refractivity contribution is 0.666. The van der Waals surface area contributed by atoms with E-state index in [2.05, 4.69) is 58.7 Å². The summed E-state index contributed by atoms with van der Waals surface area (Å²) in [6.45, 7) is 6.22. The summed E-state index contributed by atoms with van der Waals surface area (Å²) in [6.07, 6.45) is 3.30. The van der Waals surface area contributed by atoms with Crippen LogP contribution in [0, 0.1) is 0 Å². The molecule has 0 unspecified atom stereocenters. The van der Waals surface area contributed by atoms with Crippen LogP contribution in [0.3, 0.4) is 0 Å². The molecule has 0 atom stereocenters. The van der Waals surface area contributed by atoms with E-state index in [4.69, 9.17) is 5.73 Å². The van der Waals surface area contributed by atoms with Crippen LogP contribution in [0.5, 0.6) is 0 Å². The maximum Gasteiger partial charge on any atom is 0.0484 e. The van der Waals surface area contributed by atoms with Gasteiger partial charge in [0.25, 0.3) is 0 Å². The molecule has 0 aliphatic carbocycles. The quantitative estimate of drug-likeness (QED) is 0.912. The lowest BCUT2D eigenvalue weighted by Gasteiger charge is -2.03. The van der Waals surface area contributed by atoms with Gasteiger partial charge in [-0.05, 0) is 42.6 Å². The molecule has 1 heterocycles. The minimum atomic E-state index is 0.547. The molecule has 2 rings (SSSR count). The molecular formula is C14H19BrN2. The van der Waals surface area contributed by atoms with E-state index in [1.807, 2.05) is 0 Å². The van der Waals surface area contributed by atoms with Crippen LogP contribution in [0.25, 0.3) is 10.9 Å². The molecular weight excluding hydrogens is 276 g/mol. The highest BCUT2D eigenvalue weighted by molar-refractivity contribution is 9.10. The third kappa shape index (κ3) is 2.55. The zero-order valence-corrected chi connectivity index (χ0v) is 12.0. The fourth-order valence-electron chi connectivity index (χ4n) is 2.20. The number of aryl methyl sites for hydroxylation is 1. The van der Waals surface area contributed by atoms with Gasteiger partial charge in [0, 0.05) is 28.1 Å². The van der Waals surface area contributed by atoms with Gasteiger partial charge in [0.1, 0.15) is 0 Å². The Balaban J connectivity index is 2.54. The Morgan fingerprint density at radius 3 is 2.76 bits per heavy atom. The van der Waals surface area contributed by atoms with Crippen LogP contribution < -0.4 is 5.73 Å². The maximum absolute atomic E-state index is 5.59. The predicted octanol–water partition coefficient (Wildman–Crippen LogP) is 3.88. The fraction of sp³-hybridized carbons (Fsp3) is 0.429. The Bertz CT molecular complexity index is 514. The second-order valence-corrected chi connectivity index (χ2v) is 5.65. The molecule has 0 saturated carbocycles. The van der Waals surface area contributed by atoms with E-state index >= 15 is 0 Å². The molecule has 0 spiro atoms. The number of aromatic nitrogens is 1. The second kappa shape index (κ2) is 5.23. The zero-order valence-electron chi connectivity index (χ0n) is 10.4. The molecule has 2 nitrogen and oxygen atoms in total. The summed E-state index contributed by atoms with van der Waals surface area (Å²) < 4.78 is 3.47. The van der Waals surface area contributed by atoms with E-state index in [9.17, 15) is 0 Å². The van der Waals surface area contributed by atoms with Crippen molar-refractivity contribution in [3.8, 4) is 0 Å². The van der Waals surface area contributed by atoms with Gasteiger partial charge in [-0.2, -0.15) is 0 Å². The molecule has 0 aliphatic heterocycles. The highest BCUT2D eigenvalue weighted by Crippen LogP contribution is 2.30. The molecule has 0 fully saturated rings. The van der Waals surface area contributed by atoms with E-state index < -0.39 is 0 Å². The highest BCUT2D eigenvalue weighted by atomic mass is 79.9. The molecule has 0 radical (unpaired) electrons. The van der Waals surface area contributed by atoms with Gasteiger partial charge in [-0.15, -0.1) is 0 Å². The van der Waals surface area contributed by atoms with Crippen LogP contribution in [0.1, 0.15) is 31.7 Å². The molecule has 1 aromatic carbocycles. The standard InChI is InChI=1S/C14H19BrN2/c1-10(2)13-9-17(7-3-6-16)14-5-4-11(15)8-12(13)14/h4-5,8-10H,3,6-7,16H2,1-2H3. The van der Waals surface area contributed by atoms with Crippen molar-refractivity contribution in [2.45, 2.75) is 32.7 Å². The van der Waals surface area contributed by atoms with Gasteiger partial charge in [0.15, 0.2) is 0 Å². The number of halogens is 1. The molecule has 92 valence electrons. The van der Waals surface area contributed by atoms with Crippen molar-refractivity contribution in [3.63, 3.8) is 0 Å². The van der Waals surface area contributed by atoms with E-state index in [-0.39, 0.29) is 0 Å². The van der Waals surface area contributed by atoms with Crippen molar-refractivity contribution >= 4 is 26.8 Å². The van der Waals surface area contributed by atoms with E-state index in [1.54, 1.807) is 0 Å². The van der Waals surface area contributed by atoms with Crippen molar-refractivity contribution < 1.29 is 0 Å². The first-order valence-electron chi connectivity index (χ1n) is 6.12. The summed E-state index contributed by atoms with van der Waals surface area (Å²) >= 11 is 3.55. The molecule has 0 bridgehead atoms. The monoisotopic (exact) mass is 294 g/mol. The Labute approximate surface area is 111 Å². The van der Waals surface area contributed by atoms with Gasteiger partial charge < -0.3 is 10.3 Å². The van der Waals surface area contributed by atoms with Crippen molar-refractivity contribution in [3.05, 3.63) is 34.4 Å². The Hall–Kier alpha value is -0.800. The first-order valence-corrected chi connectivity index (χ1v) is 6.91. The first kappa shape index (κ1) is 12.7. The number of rotatable bonds is 4. The number of hydrogen-bond donors (Lipinski definition) is 1. The third-order valence-electron chi connectivity index (χ3n) is 3.10. The average molecular weight is 295 g/mol. The van der Waals surface area contributed by atoms with Crippen molar-refractivity contribution in [2.24, 2.45) is 5.73 Å². The smallest absolute Gasteiger partial charge is 0.0484 e. The van der Waals surface area contributed by atoms with Crippen LogP contribution in [-0.2, 0) is 6.54 Å². The summed E-state index contributed by atoms with van der Waals surface area (Å²) in [4.78, 5) is 0. The van der Waals surface area contributed by atoms with Gasteiger partial charge in [0.2, 0.25) is 0 Å². The molecule has 3 heteroatoms. The largest absolute Gasteiger partial charge is 0.347 e. The van der Waals surface area contributed by atoms with Gasteiger partial charge in [0.05, 0.1) is 0 Å². The van der Waals surface area contributed by atoms with Crippen LogP contribution in [-0.4, -0.2) is 11.1 Å². The van der Waals surface area contributed by atoms with E-state index in [0.29, 0.717) is 5.92 Å². The second-order valence-electron chi connectivity index (χ2n) is 4.74. The number of nitrogens with two attached hydrogens (primary N) is 1. The van der Waals surface area contributed by atoms with Gasteiger partial charge in [-0.25, -0.2) is 0 Å². The lowest BCUT2D eigenvalue weighted by Crippen LogP contribution is -2.04. The number of hydrogen-bond acceptors (Lipinski definition) is 1. The average Bonchev–Trinajstić information content (AvgIpc) is 2.64. The van der Waals surface area contributed by atoms with Crippen LogP contribution in [0.15, 0.2) is 28.9 Å². The van der Waals surface area contributed by atoms with Crippen LogP contribution >= 0.6 is 15.9 Å². The van der Waals surface area contributed by atoms with E-state index in [0.717, 1.165) is 24.0 Å². The zero-order chi connectivity index (χ0) is 12.4. The Morgan fingerprint density at radius 1 is 1.35 bits per heavy atom. The summed E-state index contributed by atoms with van der Waals surface area (Å²) in [6, 6.07) is 6.50. The summed E-state index contributed by atoms with van der Waals surface area (Å²) in [7, 11) is 0. The minimum absolute atomic E-state index is 0.547. The molecule has 1 aromatic heterocycles. The fourth-order valence-corrected chi connectivity index (χ4v) is 2.56. The van der Waals surface area contributed by atoms with Gasteiger partial charge in [-0.1, -0.05) is 29.8 Å². The van der Waals surface area contributed by atoms with Gasteiger partial charge >= 0.3 is 0 Å². The SMILES string of the molecule is CC(C)c1cn(CCCN)c2ccc(Br)cc12. The highest BCUT2D eigenvalue weighted by Gasteiger charge is 2.11. The molecule has 0 saturated heterocycles. The predicted molar refractivity (Wildman–Crippen MR) is 77.4 cm³/mol. The van der Waals surface area contributed by atoms with Crippen LogP contribution in [0.2, 0.25) is 0 Å². The first-order chi connectivity index (χ1) is 8.13. The van der Waals surface area contributed by atoms with Crippen molar-refractivity contribution in [2.75, 3.05) is 6.54 Å². The maximum atomic E-state index is 5.59. The topological polar surface area (TPSA) is 30.9 Å². The van der Waals surface area contributed by atoms with Crippen molar-refractivity contribution in [1.29, 1.82) is 0 Å².